The Morgan fingerprint density at radius 3 is 2.56 bits per heavy atom. The molecule has 0 radical (unpaired) electrons. The van der Waals surface area contributed by atoms with E-state index in [2.05, 4.69) is 10.6 Å². The molecule has 0 atom stereocenters. The second kappa shape index (κ2) is 8.02. The summed E-state index contributed by atoms with van der Waals surface area (Å²) in [5, 5.41) is 16.0. The largest absolute Gasteiger partial charge is 0.452 e. The molecule has 1 aliphatic heterocycles. The highest BCUT2D eigenvalue weighted by Crippen LogP contribution is 2.31. The van der Waals surface area contributed by atoms with Crippen molar-refractivity contribution in [3.63, 3.8) is 0 Å². The molecule has 10 nitrogen and oxygen atoms in total. The highest BCUT2D eigenvalue weighted by atomic mass is 16.6. The van der Waals surface area contributed by atoms with Crippen LogP contribution in [0.5, 0.6) is 0 Å². The highest BCUT2D eigenvalue weighted by molar-refractivity contribution is 5.97. The van der Waals surface area contributed by atoms with Crippen LogP contribution in [0.15, 0.2) is 18.2 Å². The van der Waals surface area contributed by atoms with Gasteiger partial charge in [-0.2, -0.15) is 0 Å². The van der Waals surface area contributed by atoms with Gasteiger partial charge in [0.05, 0.1) is 10.5 Å². The summed E-state index contributed by atoms with van der Waals surface area (Å²) in [6.07, 6.45) is 3.68. The second-order valence-corrected chi connectivity index (χ2v) is 6.53. The minimum Gasteiger partial charge on any atom is -0.452 e. The van der Waals surface area contributed by atoms with Crippen LogP contribution in [0.1, 0.15) is 36.0 Å². The van der Waals surface area contributed by atoms with Crippen molar-refractivity contribution in [2.75, 3.05) is 24.6 Å². The fourth-order valence-corrected chi connectivity index (χ4v) is 2.85. The molecular formula is C17H20N4O6. The predicted molar refractivity (Wildman–Crippen MR) is 94.5 cm³/mol. The predicted octanol–water partition coefficient (Wildman–Crippen LogP) is 1.34. The van der Waals surface area contributed by atoms with E-state index in [1.54, 1.807) is 0 Å². The van der Waals surface area contributed by atoms with Crippen LogP contribution >= 0.6 is 0 Å². The van der Waals surface area contributed by atoms with Gasteiger partial charge >= 0.3 is 12.0 Å². The lowest BCUT2D eigenvalue weighted by Crippen LogP contribution is -2.42. The van der Waals surface area contributed by atoms with Gasteiger partial charge in [-0.05, 0) is 37.8 Å². The average Bonchev–Trinajstić information content (AvgIpc) is 3.27. The second-order valence-electron chi connectivity index (χ2n) is 6.53. The quantitative estimate of drug-likeness (QED) is 0.435. The molecule has 2 fully saturated rings. The number of hydrogen-bond donors (Lipinski definition) is 2. The molecule has 0 aromatic heterocycles. The number of carbonyl (C=O) groups is 3. The van der Waals surface area contributed by atoms with E-state index in [0.29, 0.717) is 5.69 Å². The van der Waals surface area contributed by atoms with Crippen LogP contribution in [-0.2, 0) is 9.53 Å². The minimum atomic E-state index is -0.871. The van der Waals surface area contributed by atoms with E-state index in [9.17, 15) is 24.5 Å². The van der Waals surface area contributed by atoms with Gasteiger partial charge in [0.1, 0.15) is 5.69 Å². The third-order valence-corrected chi connectivity index (χ3v) is 4.35. The van der Waals surface area contributed by atoms with Gasteiger partial charge in [-0.25, -0.2) is 9.59 Å². The van der Waals surface area contributed by atoms with Crippen molar-refractivity contribution in [2.45, 2.75) is 31.7 Å². The van der Waals surface area contributed by atoms with Crippen LogP contribution in [0.3, 0.4) is 0 Å². The Labute approximate surface area is 155 Å². The van der Waals surface area contributed by atoms with Crippen molar-refractivity contribution in [2.24, 2.45) is 0 Å². The van der Waals surface area contributed by atoms with Crippen molar-refractivity contribution in [3.05, 3.63) is 33.9 Å². The van der Waals surface area contributed by atoms with E-state index >= 15 is 0 Å². The zero-order valence-electron chi connectivity index (χ0n) is 14.6. The number of nitrogens with one attached hydrogen (secondary N) is 2. The summed E-state index contributed by atoms with van der Waals surface area (Å²) in [7, 11) is 0. The summed E-state index contributed by atoms with van der Waals surface area (Å²) in [4.78, 5) is 47.9. The molecule has 3 amide bonds. The number of nitro groups is 1. The number of rotatable bonds is 6. The first-order valence-electron chi connectivity index (χ1n) is 8.75. The first-order chi connectivity index (χ1) is 12.9. The molecule has 1 aliphatic carbocycles. The van der Waals surface area contributed by atoms with Crippen molar-refractivity contribution >= 4 is 29.3 Å². The number of anilines is 1. The summed E-state index contributed by atoms with van der Waals surface area (Å²) in [5.41, 5.74) is 0.253. The first-order valence-corrected chi connectivity index (χ1v) is 8.75. The van der Waals surface area contributed by atoms with Gasteiger partial charge in [-0.15, -0.1) is 0 Å². The Balaban J connectivity index is 1.58. The van der Waals surface area contributed by atoms with E-state index in [0.717, 1.165) is 44.8 Å². The standard InChI is InChI=1S/C17H20N4O6/c22-15(19-17(24)18-12-4-5-12)10-27-16(23)11-3-6-13(14(9-11)21(25)26)20-7-1-2-8-20/h3,6,9,12H,1-2,4-5,7-8,10H2,(H2,18,19,22,24). The number of nitro benzene ring substituents is 1. The maximum atomic E-state index is 12.1. The lowest BCUT2D eigenvalue weighted by molar-refractivity contribution is -0.384. The molecule has 2 N–H and O–H groups in total. The summed E-state index contributed by atoms with van der Waals surface area (Å²) < 4.78 is 4.84. The van der Waals surface area contributed by atoms with E-state index in [-0.39, 0.29) is 17.3 Å². The summed E-state index contributed by atoms with van der Waals surface area (Å²) >= 11 is 0. The van der Waals surface area contributed by atoms with Crippen LogP contribution in [0, 0.1) is 10.1 Å². The van der Waals surface area contributed by atoms with Crippen molar-refractivity contribution < 1.29 is 24.0 Å². The number of imide groups is 1. The van der Waals surface area contributed by atoms with Gasteiger partial charge < -0.3 is 15.0 Å². The Kier molecular flexibility index (Phi) is 5.53. The molecule has 144 valence electrons. The number of nitrogens with zero attached hydrogens (tertiary/aromatic N) is 2. The fraction of sp³-hybridized carbons (Fsp3) is 0.471. The van der Waals surface area contributed by atoms with Gasteiger partial charge in [-0.1, -0.05) is 0 Å². The Hall–Kier alpha value is -3.17. The molecule has 3 rings (SSSR count). The summed E-state index contributed by atoms with van der Waals surface area (Å²) in [6.45, 7) is 0.806. The topological polar surface area (TPSA) is 131 Å². The molecule has 27 heavy (non-hydrogen) atoms. The summed E-state index contributed by atoms with van der Waals surface area (Å²) in [6, 6.07) is 3.55. The van der Waals surface area contributed by atoms with Gasteiger partial charge in [0.15, 0.2) is 6.61 Å². The third kappa shape index (κ3) is 4.93. The van der Waals surface area contributed by atoms with Crippen molar-refractivity contribution in [1.29, 1.82) is 0 Å². The molecule has 0 bridgehead atoms. The van der Waals surface area contributed by atoms with Crippen LogP contribution < -0.4 is 15.5 Å². The van der Waals surface area contributed by atoms with Gasteiger partial charge in [0, 0.05) is 25.2 Å². The number of esters is 1. The molecule has 0 unspecified atom stereocenters. The van der Waals surface area contributed by atoms with Crippen molar-refractivity contribution in [3.8, 4) is 0 Å². The van der Waals surface area contributed by atoms with E-state index in [1.165, 1.54) is 12.1 Å². The monoisotopic (exact) mass is 376 g/mol. The Morgan fingerprint density at radius 1 is 1.22 bits per heavy atom. The lowest BCUT2D eigenvalue weighted by Gasteiger charge is -2.17. The van der Waals surface area contributed by atoms with Crippen LogP contribution in [-0.4, -0.2) is 48.6 Å². The van der Waals surface area contributed by atoms with Crippen LogP contribution in [0.2, 0.25) is 0 Å². The normalized spacial score (nSPS) is 15.9. The van der Waals surface area contributed by atoms with Gasteiger partial charge in [0.2, 0.25) is 0 Å². The number of carbonyl (C=O) groups excluding carboxylic acids is 3. The third-order valence-electron chi connectivity index (χ3n) is 4.35. The smallest absolute Gasteiger partial charge is 0.338 e. The molecule has 10 heteroatoms. The number of urea groups is 1. The average molecular weight is 376 g/mol. The molecule has 1 saturated heterocycles. The first kappa shape index (κ1) is 18.6. The molecule has 1 aromatic rings. The summed E-state index contributed by atoms with van der Waals surface area (Å²) in [5.74, 6) is -1.64. The fourth-order valence-electron chi connectivity index (χ4n) is 2.85. The molecule has 1 saturated carbocycles. The molecule has 1 heterocycles. The highest BCUT2D eigenvalue weighted by Gasteiger charge is 2.25. The Morgan fingerprint density at radius 2 is 1.93 bits per heavy atom. The zero-order chi connectivity index (χ0) is 19.4. The van der Waals surface area contributed by atoms with Crippen LogP contribution in [0.4, 0.5) is 16.2 Å². The zero-order valence-corrected chi connectivity index (χ0v) is 14.6. The SMILES string of the molecule is O=C(COC(=O)c1ccc(N2CCCC2)c([N+](=O)[O-])c1)NC(=O)NC1CC1. The van der Waals surface area contributed by atoms with Crippen LogP contribution in [0.25, 0.3) is 0 Å². The number of ether oxygens (including phenoxy) is 1. The maximum absolute atomic E-state index is 12.1. The molecule has 1 aromatic carbocycles. The Bertz CT molecular complexity index is 771. The molecule has 2 aliphatic rings. The molecule has 0 spiro atoms. The maximum Gasteiger partial charge on any atom is 0.338 e. The number of benzene rings is 1. The number of hydrogen-bond acceptors (Lipinski definition) is 7. The van der Waals surface area contributed by atoms with Gasteiger partial charge in [0.25, 0.3) is 11.6 Å². The lowest BCUT2D eigenvalue weighted by atomic mass is 10.1. The van der Waals surface area contributed by atoms with E-state index in [4.69, 9.17) is 4.74 Å². The van der Waals surface area contributed by atoms with Gasteiger partial charge in [-0.3, -0.25) is 20.2 Å². The van der Waals surface area contributed by atoms with E-state index < -0.39 is 29.4 Å². The molecular weight excluding hydrogens is 356 g/mol. The number of amides is 3. The van der Waals surface area contributed by atoms with Crippen molar-refractivity contribution in [1.82, 2.24) is 10.6 Å². The minimum absolute atomic E-state index is 0.0279. The van der Waals surface area contributed by atoms with E-state index in [1.807, 2.05) is 4.90 Å².